The zero-order chi connectivity index (χ0) is 13.4. The number of nitrogens with two attached hydrogens (primary N) is 1. The molecule has 0 radical (unpaired) electrons. The molecule has 1 unspecified atom stereocenters. The van der Waals surface area contributed by atoms with Crippen molar-refractivity contribution >= 4 is 5.97 Å². The summed E-state index contributed by atoms with van der Waals surface area (Å²) in [7, 11) is 0. The van der Waals surface area contributed by atoms with E-state index in [1.54, 1.807) is 6.92 Å². The topological polar surface area (TPSA) is 61.5 Å². The van der Waals surface area contributed by atoms with Crippen molar-refractivity contribution in [3.8, 4) is 5.75 Å². The molecule has 0 fully saturated rings. The van der Waals surface area contributed by atoms with E-state index in [4.69, 9.17) is 15.2 Å². The third-order valence-corrected chi connectivity index (χ3v) is 2.47. The lowest BCUT2D eigenvalue weighted by Gasteiger charge is -2.12. The van der Waals surface area contributed by atoms with Gasteiger partial charge in [0.2, 0.25) is 0 Å². The molecule has 1 rings (SSSR count). The fourth-order valence-electron chi connectivity index (χ4n) is 1.55. The lowest BCUT2D eigenvalue weighted by Crippen LogP contribution is -2.17. The Morgan fingerprint density at radius 2 is 1.94 bits per heavy atom. The highest BCUT2D eigenvalue weighted by molar-refractivity contribution is 5.70. The van der Waals surface area contributed by atoms with Crippen molar-refractivity contribution in [2.75, 3.05) is 13.2 Å². The van der Waals surface area contributed by atoms with Crippen LogP contribution in [0.15, 0.2) is 24.3 Å². The van der Waals surface area contributed by atoms with Crippen LogP contribution in [0, 0.1) is 0 Å². The minimum Gasteiger partial charge on any atom is -0.494 e. The number of carbonyl (C=O) groups is 1. The first-order chi connectivity index (χ1) is 8.67. The number of hydrogen-bond acceptors (Lipinski definition) is 4. The Morgan fingerprint density at radius 3 is 2.50 bits per heavy atom. The molecule has 100 valence electrons. The van der Waals surface area contributed by atoms with Crippen LogP contribution in [-0.2, 0) is 9.53 Å². The zero-order valence-electron chi connectivity index (χ0n) is 11.0. The second kappa shape index (κ2) is 7.71. The molecule has 0 amide bonds. The van der Waals surface area contributed by atoms with Crippen molar-refractivity contribution in [2.45, 2.75) is 32.7 Å². The second-order valence-electron chi connectivity index (χ2n) is 4.03. The standard InChI is InChI=1S/C14H21NO3/c1-3-9-18-12-7-5-11(6-8-12)13(15)10-14(16)17-4-2/h5-8,13H,3-4,9-10,15H2,1-2H3. The van der Waals surface area contributed by atoms with Gasteiger partial charge in [-0.2, -0.15) is 0 Å². The summed E-state index contributed by atoms with van der Waals surface area (Å²) in [6.07, 6.45) is 1.17. The van der Waals surface area contributed by atoms with Gasteiger partial charge in [0.1, 0.15) is 5.75 Å². The monoisotopic (exact) mass is 251 g/mol. The number of ether oxygens (including phenoxy) is 2. The van der Waals surface area contributed by atoms with Gasteiger partial charge >= 0.3 is 5.97 Å². The Bertz CT molecular complexity index is 362. The molecule has 4 heteroatoms. The fraction of sp³-hybridized carbons (Fsp3) is 0.500. The third kappa shape index (κ3) is 4.75. The summed E-state index contributed by atoms with van der Waals surface area (Å²) in [4.78, 5) is 11.3. The zero-order valence-corrected chi connectivity index (χ0v) is 11.0. The molecule has 0 aliphatic carbocycles. The Hall–Kier alpha value is -1.55. The van der Waals surface area contributed by atoms with Crippen molar-refractivity contribution in [1.29, 1.82) is 0 Å². The van der Waals surface area contributed by atoms with E-state index < -0.39 is 0 Å². The van der Waals surface area contributed by atoms with E-state index >= 15 is 0 Å². The van der Waals surface area contributed by atoms with Gasteiger partial charge in [-0.1, -0.05) is 19.1 Å². The summed E-state index contributed by atoms with van der Waals surface area (Å²) in [6, 6.07) is 7.18. The van der Waals surface area contributed by atoms with Gasteiger partial charge in [0.05, 0.1) is 19.6 Å². The maximum absolute atomic E-state index is 11.3. The van der Waals surface area contributed by atoms with Gasteiger partial charge in [0.25, 0.3) is 0 Å². The van der Waals surface area contributed by atoms with Crippen molar-refractivity contribution < 1.29 is 14.3 Å². The van der Waals surface area contributed by atoms with Crippen molar-refractivity contribution in [3.63, 3.8) is 0 Å². The highest BCUT2D eigenvalue weighted by Gasteiger charge is 2.12. The van der Waals surface area contributed by atoms with E-state index in [0.29, 0.717) is 13.2 Å². The second-order valence-corrected chi connectivity index (χ2v) is 4.03. The molecule has 0 saturated heterocycles. The quantitative estimate of drug-likeness (QED) is 0.756. The summed E-state index contributed by atoms with van der Waals surface area (Å²) < 4.78 is 10.3. The summed E-state index contributed by atoms with van der Waals surface area (Å²) in [5, 5.41) is 0. The molecular weight excluding hydrogens is 230 g/mol. The van der Waals surface area contributed by atoms with E-state index in [-0.39, 0.29) is 18.4 Å². The van der Waals surface area contributed by atoms with E-state index in [0.717, 1.165) is 17.7 Å². The van der Waals surface area contributed by atoms with Gasteiger partial charge in [-0.15, -0.1) is 0 Å². The number of esters is 1. The van der Waals surface area contributed by atoms with E-state index in [1.807, 2.05) is 24.3 Å². The summed E-state index contributed by atoms with van der Waals surface area (Å²) in [5.41, 5.74) is 6.84. The number of benzene rings is 1. The highest BCUT2D eigenvalue weighted by Crippen LogP contribution is 2.19. The summed E-state index contributed by atoms with van der Waals surface area (Å²) in [5.74, 6) is 0.556. The van der Waals surface area contributed by atoms with E-state index in [1.165, 1.54) is 0 Å². The maximum atomic E-state index is 11.3. The largest absolute Gasteiger partial charge is 0.494 e. The van der Waals surface area contributed by atoms with Crippen LogP contribution in [0.25, 0.3) is 0 Å². The molecule has 0 aromatic heterocycles. The van der Waals surface area contributed by atoms with E-state index in [2.05, 4.69) is 6.92 Å². The molecule has 1 atom stereocenters. The Kier molecular flexibility index (Phi) is 6.22. The molecule has 0 bridgehead atoms. The smallest absolute Gasteiger partial charge is 0.307 e. The van der Waals surface area contributed by atoms with Gasteiger partial charge in [0, 0.05) is 6.04 Å². The SMILES string of the molecule is CCCOc1ccc(C(N)CC(=O)OCC)cc1. The Balaban J connectivity index is 2.53. The summed E-state index contributed by atoms with van der Waals surface area (Å²) >= 11 is 0. The first-order valence-corrected chi connectivity index (χ1v) is 6.31. The molecule has 1 aromatic carbocycles. The van der Waals surface area contributed by atoms with Crippen LogP contribution in [0.3, 0.4) is 0 Å². The molecule has 0 saturated carbocycles. The molecule has 0 aliphatic heterocycles. The number of hydrogen-bond donors (Lipinski definition) is 1. The average Bonchev–Trinajstić information content (AvgIpc) is 2.37. The van der Waals surface area contributed by atoms with Crippen LogP contribution in [0.5, 0.6) is 5.75 Å². The van der Waals surface area contributed by atoms with Gasteiger partial charge < -0.3 is 15.2 Å². The Labute approximate surface area is 108 Å². The van der Waals surface area contributed by atoms with Gasteiger partial charge in [-0.25, -0.2) is 0 Å². The van der Waals surface area contributed by atoms with Gasteiger partial charge in [-0.3, -0.25) is 4.79 Å². The predicted molar refractivity (Wildman–Crippen MR) is 70.4 cm³/mol. The fourth-order valence-corrected chi connectivity index (χ4v) is 1.55. The van der Waals surface area contributed by atoms with Crippen molar-refractivity contribution in [3.05, 3.63) is 29.8 Å². The minimum absolute atomic E-state index is 0.197. The normalized spacial score (nSPS) is 11.9. The third-order valence-electron chi connectivity index (χ3n) is 2.47. The van der Waals surface area contributed by atoms with Crippen molar-refractivity contribution in [1.82, 2.24) is 0 Å². The molecule has 1 aromatic rings. The first kappa shape index (κ1) is 14.5. The minimum atomic E-state index is -0.329. The molecule has 0 aliphatic rings. The number of rotatable bonds is 7. The highest BCUT2D eigenvalue weighted by atomic mass is 16.5. The van der Waals surface area contributed by atoms with Crippen LogP contribution in [0.4, 0.5) is 0 Å². The van der Waals surface area contributed by atoms with Crippen LogP contribution in [0.2, 0.25) is 0 Å². The maximum Gasteiger partial charge on any atom is 0.307 e. The molecule has 2 N–H and O–H groups in total. The predicted octanol–water partition coefficient (Wildman–Crippen LogP) is 2.43. The van der Waals surface area contributed by atoms with Crippen LogP contribution < -0.4 is 10.5 Å². The molecule has 4 nitrogen and oxygen atoms in total. The molecule has 0 spiro atoms. The molecular formula is C14H21NO3. The number of carbonyl (C=O) groups excluding carboxylic acids is 1. The lowest BCUT2D eigenvalue weighted by atomic mass is 10.0. The average molecular weight is 251 g/mol. The first-order valence-electron chi connectivity index (χ1n) is 6.31. The van der Waals surface area contributed by atoms with Gasteiger partial charge in [-0.05, 0) is 31.0 Å². The molecule has 0 heterocycles. The summed E-state index contributed by atoms with van der Waals surface area (Å²) in [6.45, 7) is 4.93. The Morgan fingerprint density at radius 1 is 1.28 bits per heavy atom. The molecule has 18 heavy (non-hydrogen) atoms. The van der Waals surface area contributed by atoms with Crippen LogP contribution >= 0.6 is 0 Å². The van der Waals surface area contributed by atoms with Gasteiger partial charge in [0.15, 0.2) is 0 Å². The van der Waals surface area contributed by atoms with Crippen molar-refractivity contribution in [2.24, 2.45) is 5.73 Å². The van der Waals surface area contributed by atoms with Crippen LogP contribution in [-0.4, -0.2) is 19.2 Å². The van der Waals surface area contributed by atoms with Crippen LogP contribution in [0.1, 0.15) is 38.3 Å². The lowest BCUT2D eigenvalue weighted by molar-refractivity contribution is -0.143. The van der Waals surface area contributed by atoms with E-state index in [9.17, 15) is 4.79 Å².